The Hall–Kier alpha value is -1.92. The van der Waals surface area contributed by atoms with Gasteiger partial charge in [-0.1, -0.05) is 12.1 Å². The molecule has 110 valence electrons. The van der Waals surface area contributed by atoms with Gasteiger partial charge < -0.3 is 19.3 Å². The van der Waals surface area contributed by atoms with E-state index >= 15 is 0 Å². The number of carbonyl (C=O) groups is 2. The van der Waals surface area contributed by atoms with Gasteiger partial charge in [-0.25, -0.2) is 4.79 Å². The van der Waals surface area contributed by atoms with Gasteiger partial charge in [-0.3, -0.25) is 4.79 Å². The zero-order valence-electron chi connectivity index (χ0n) is 11.5. The van der Waals surface area contributed by atoms with Crippen molar-refractivity contribution in [2.45, 2.75) is 19.4 Å². The van der Waals surface area contributed by atoms with E-state index in [0.717, 1.165) is 5.56 Å². The Morgan fingerprint density at radius 3 is 2.60 bits per heavy atom. The van der Waals surface area contributed by atoms with Crippen LogP contribution in [0.3, 0.4) is 0 Å². The molecule has 0 saturated carbocycles. The molecule has 0 bridgehead atoms. The molecule has 0 saturated heterocycles. The van der Waals surface area contributed by atoms with Gasteiger partial charge in [-0.2, -0.15) is 0 Å². The molecule has 0 aliphatic carbocycles. The van der Waals surface area contributed by atoms with Crippen LogP contribution in [0.5, 0.6) is 0 Å². The Balaban J connectivity index is 2.79. The van der Waals surface area contributed by atoms with Crippen LogP contribution < -0.4 is 0 Å². The van der Waals surface area contributed by atoms with E-state index in [2.05, 4.69) is 4.74 Å². The van der Waals surface area contributed by atoms with E-state index < -0.39 is 5.97 Å². The monoisotopic (exact) mass is 282 g/mol. The number of carboxylic acid groups (broad SMARTS) is 1. The van der Waals surface area contributed by atoms with Crippen LogP contribution in [-0.4, -0.2) is 38.1 Å². The zero-order valence-corrected chi connectivity index (χ0v) is 11.5. The smallest absolute Gasteiger partial charge is 0.335 e. The lowest BCUT2D eigenvalue weighted by atomic mass is 10.0. The first-order valence-electron chi connectivity index (χ1n) is 6.07. The average molecular weight is 282 g/mol. The number of aromatic carboxylic acids is 1. The standard InChI is InChI=1S/C14H18O6/c1-18-9-20-8-10-3-4-11(5-6-13(15)19-2)12(7-10)14(16)17/h3-4,7H,5-6,8-9H2,1-2H3,(H,16,17). The summed E-state index contributed by atoms with van der Waals surface area (Å²) in [7, 11) is 2.81. The zero-order chi connectivity index (χ0) is 15.0. The maximum Gasteiger partial charge on any atom is 0.335 e. The van der Waals surface area contributed by atoms with Gasteiger partial charge in [0.25, 0.3) is 0 Å². The topological polar surface area (TPSA) is 82.1 Å². The minimum Gasteiger partial charge on any atom is -0.478 e. The van der Waals surface area contributed by atoms with Crippen LogP contribution in [0.4, 0.5) is 0 Å². The normalized spacial score (nSPS) is 10.3. The Morgan fingerprint density at radius 1 is 1.25 bits per heavy atom. The van der Waals surface area contributed by atoms with Gasteiger partial charge in [0.2, 0.25) is 0 Å². The molecule has 0 spiro atoms. The SMILES string of the molecule is COCOCc1ccc(CCC(=O)OC)c(C(=O)O)c1. The molecule has 0 atom stereocenters. The summed E-state index contributed by atoms with van der Waals surface area (Å²) in [6.45, 7) is 0.415. The number of aryl methyl sites for hydroxylation is 1. The summed E-state index contributed by atoms with van der Waals surface area (Å²) >= 11 is 0. The summed E-state index contributed by atoms with van der Waals surface area (Å²) in [5.41, 5.74) is 1.51. The Labute approximate surface area is 117 Å². The number of carbonyl (C=O) groups excluding carboxylic acids is 1. The number of esters is 1. The molecular weight excluding hydrogens is 264 g/mol. The summed E-state index contributed by atoms with van der Waals surface area (Å²) in [6, 6.07) is 5.01. The molecule has 6 nitrogen and oxygen atoms in total. The van der Waals surface area contributed by atoms with Gasteiger partial charge in [-0.15, -0.1) is 0 Å². The van der Waals surface area contributed by atoms with Gasteiger partial charge in [0.15, 0.2) is 0 Å². The number of hydrogen-bond acceptors (Lipinski definition) is 5. The second-order valence-electron chi connectivity index (χ2n) is 4.13. The molecule has 0 heterocycles. The van der Waals surface area contributed by atoms with Gasteiger partial charge >= 0.3 is 11.9 Å². The fourth-order valence-electron chi connectivity index (χ4n) is 1.71. The quantitative estimate of drug-likeness (QED) is 0.443. The van der Waals surface area contributed by atoms with Crippen LogP contribution in [0.15, 0.2) is 18.2 Å². The number of rotatable bonds is 8. The van der Waals surface area contributed by atoms with Crippen molar-refractivity contribution in [3.8, 4) is 0 Å². The van der Waals surface area contributed by atoms with Crippen LogP contribution in [0.2, 0.25) is 0 Å². The molecule has 20 heavy (non-hydrogen) atoms. The molecule has 1 N–H and O–H groups in total. The molecular formula is C14H18O6. The molecule has 0 fully saturated rings. The Morgan fingerprint density at radius 2 is 2.00 bits per heavy atom. The van der Waals surface area contributed by atoms with Crippen LogP contribution in [0, 0.1) is 0 Å². The van der Waals surface area contributed by atoms with E-state index in [1.54, 1.807) is 18.2 Å². The molecule has 6 heteroatoms. The maximum atomic E-state index is 11.2. The lowest BCUT2D eigenvalue weighted by Crippen LogP contribution is -2.08. The van der Waals surface area contributed by atoms with Crippen LogP contribution in [0.25, 0.3) is 0 Å². The summed E-state index contributed by atoms with van der Waals surface area (Å²) in [5.74, 6) is -1.40. The summed E-state index contributed by atoms with van der Waals surface area (Å²) < 4.78 is 14.5. The Kier molecular flexibility index (Phi) is 6.69. The molecule has 0 aliphatic rings. The second-order valence-corrected chi connectivity index (χ2v) is 4.13. The molecule has 0 unspecified atom stereocenters. The fourth-order valence-corrected chi connectivity index (χ4v) is 1.71. The van der Waals surface area contributed by atoms with E-state index in [1.165, 1.54) is 14.2 Å². The Bertz CT molecular complexity index is 469. The minimum atomic E-state index is -1.03. The summed E-state index contributed by atoms with van der Waals surface area (Å²) in [6.07, 6.45) is 0.476. The lowest BCUT2D eigenvalue weighted by molar-refractivity contribution is -0.140. The van der Waals surface area contributed by atoms with Crippen molar-refractivity contribution in [1.29, 1.82) is 0 Å². The van der Waals surface area contributed by atoms with Crippen molar-refractivity contribution in [3.05, 3.63) is 34.9 Å². The maximum absolute atomic E-state index is 11.2. The highest BCUT2D eigenvalue weighted by Crippen LogP contribution is 2.15. The molecule has 0 aromatic heterocycles. The van der Waals surface area contributed by atoms with Gasteiger partial charge in [0.1, 0.15) is 6.79 Å². The van der Waals surface area contributed by atoms with Crippen molar-refractivity contribution in [2.24, 2.45) is 0 Å². The largest absolute Gasteiger partial charge is 0.478 e. The molecule has 1 aromatic carbocycles. The third-order valence-electron chi connectivity index (χ3n) is 2.70. The second kappa shape index (κ2) is 8.29. The lowest BCUT2D eigenvalue weighted by Gasteiger charge is -2.09. The highest BCUT2D eigenvalue weighted by molar-refractivity contribution is 5.89. The average Bonchev–Trinajstić information content (AvgIpc) is 2.45. The van der Waals surface area contributed by atoms with Crippen LogP contribution >= 0.6 is 0 Å². The van der Waals surface area contributed by atoms with E-state index in [0.29, 0.717) is 12.0 Å². The number of carboxylic acids is 1. The first-order valence-corrected chi connectivity index (χ1v) is 6.07. The fraction of sp³-hybridized carbons (Fsp3) is 0.429. The number of methoxy groups -OCH3 is 2. The highest BCUT2D eigenvalue weighted by Gasteiger charge is 2.12. The van der Waals surface area contributed by atoms with E-state index in [9.17, 15) is 14.7 Å². The van der Waals surface area contributed by atoms with Gasteiger partial charge in [0, 0.05) is 13.5 Å². The van der Waals surface area contributed by atoms with Crippen molar-refractivity contribution in [2.75, 3.05) is 21.0 Å². The third-order valence-corrected chi connectivity index (χ3v) is 2.70. The predicted octanol–water partition coefficient (Wildman–Crippen LogP) is 1.61. The van der Waals surface area contributed by atoms with Gasteiger partial charge in [0.05, 0.1) is 19.3 Å². The first-order chi connectivity index (χ1) is 9.58. The number of ether oxygens (including phenoxy) is 3. The molecule has 0 radical (unpaired) electrons. The third kappa shape index (κ3) is 4.99. The van der Waals surface area contributed by atoms with Crippen molar-refractivity contribution in [1.82, 2.24) is 0 Å². The molecule has 1 aromatic rings. The molecule has 0 aliphatic heterocycles. The van der Waals surface area contributed by atoms with E-state index in [4.69, 9.17) is 9.47 Å². The van der Waals surface area contributed by atoms with Crippen molar-refractivity contribution < 1.29 is 28.9 Å². The summed E-state index contributed by atoms with van der Waals surface area (Å²) in [5, 5.41) is 9.20. The van der Waals surface area contributed by atoms with Crippen LogP contribution in [0.1, 0.15) is 27.9 Å². The van der Waals surface area contributed by atoms with E-state index in [1.807, 2.05) is 0 Å². The summed E-state index contributed by atoms with van der Waals surface area (Å²) in [4.78, 5) is 22.3. The van der Waals surface area contributed by atoms with E-state index in [-0.39, 0.29) is 31.4 Å². The van der Waals surface area contributed by atoms with Crippen molar-refractivity contribution in [3.63, 3.8) is 0 Å². The van der Waals surface area contributed by atoms with Crippen molar-refractivity contribution >= 4 is 11.9 Å². The van der Waals surface area contributed by atoms with Crippen LogP contribution in [-0.2, 0) is 32.0 Å². The molecule has 0 amide bonds. The minimum absolute atomic E-state index is 0.145. The number of hydrogen-bond donors (Lipinski definition) is 1. The highest BCUT2D eigenvalue weighted by atomic mass is 16.7. The first kappa shape index (κ1) is 16.1. The molecule has 1 rings (SSSR count). The number of benzene rings is 1. The van der Waals surface area contributed by atoms with Gasteiger partial charge in [-0.05, 0) is 23.6 Å². The predicted molar refractivity (Wildman–Crippen MR) is 70.4 cm³/mol.